The van der Waals surface area contributed by atoms with Crippen LogP contribution in [0.5, 0.6) is 0 Å². The number of carbonyl (C=O) groups is 1. The number of hydrogen-bond donors (Lipinski definition) is 0. The van der Waals surface area contributed by atoms with Gasteiger partial charge in [0.05, 0.1) is 11.6 Å². The van der Waals surface area contributed by atoms with Crippen molar-refractivity contribution in [1.82, 2.24) is 9.38 Å². The molecular weight excluding hydrogens is 256 g/mol. The van der Waals surface area contributed by atoms with Crippen LogP contribution in [0.25, 0.3) is 5.65 Å². The van der Waals surface area contributed by atoms with Gasteiger partial charge in [-0.05, 0) is 25.0 Å². The van der Waals surface area contributed by atoms with Crippen LogP contribution in [0, 0.1) is 12.8 Å². The van der Waals surface area contributed by atoms with Crippen molar-refractivity contribution in [2.45, 2.75) is 33.8 Å². The lowest BCUT2D eigenvalue weighted by molar-refractivity contribution is -0.149. The molecule has 0 radical (unpaired) electrons. The van der Waals surface area contributed by atoms with Gasteiger partial charge in [0.15, 0.2) is 0 Å². The fraction of sp³-hybridized carbons (Fsp3) is 0.400. The second-order valence-electron chi connectivity index (χ2n) is 4.89. The van der Waals surface area contributed by atoms with Gasteiger partial charge in [-0.3, -0.25) is 14.0 Å². The number of rotatable bonds is 4. The van der Waals surface area contributed by atoms with Crippen molar-refractivity contribution in [3.63, 3.8) is 0 Å². The average Bonchev–Trinajstić information content (AvgIpc) is 2.45. The Balaban J connectivity index is 2.26. The highest BCUT2D eigenvalue weighted by Crippen LogP contribution is 2.08. The largest absolute Gasteiger partial charge is 0.459 e. The van der Waals surface area contributed by atoms with Gasteiger partial charge in [0.2, 0.25) is 0 Å². The van der Waals surface area contributed by atoms with Gasteiger partial charge in [0.1, 0.15) is 12.3 Å². The van der Waals surface area contributed by atoms with Crippen LogP contribution in [0.4, 0.5) is 0 Å². The lowest BCUT2D eigenvalue weighted by Gasteiger charge is -2.10. The first-order valence-electron chi connectivity index (χ1n) is 6.67. The molecule has 5 nitrogen and oxygen atoms in total. The standard InChI is InChI=1S/C15H18N2O3/c1-4-10(2)15(19)20-9-12-8-13(18)17-7-5-6-11(3)14(17)16-12/h5-8,10H,4,9H2,1-3H3. The van der Waals surface area contributed by atoms with E-state index in [0.717, 1.165) is 12.0 Å². The first-order chi connectivity index (χ1) is 9.52. The molecule has 0 aromatic carbocycles. The molecule has 0 spiro atoms. The molecule has 0 saturated carbocycles. The summed E-state index contributed by atoms with van der Waals surface area (Å²) < 4.78 is 6.66. The molecule has 2 aromatic heterocycles. The molecule has 0 amide bonds. The number of nitrogens with zero attached hydrogens (tertiary/aromatic N) is 2. The summed E-state index contributed by atoms with van der Waals surface area (Å²) in [6.45, 7) is 5.66. The quantitative estimate of drug-likeness (QED) is 0.801. The van der Waals surface area contributed by atoms with Crippen molar-refractivity contribution >= 4 is 11.6 Å². The highest BCUT2D eigenvalue weighted by molar-refractivity contribution is 5.71. The molecule has 0 saturated heterocycles. The molecule has 0 fully saturated rings. The van der Waals surface area contributed by atoms with Crippen LogP contribution in [-0.4, -0.2) is 15.4 Å². The summed E-state index contributed by atoms with van der Waals surface area (Å²) in [5.41, 5.74) is 1.79. The van der Waals surface area contributed by atoms with Crippen LogP contribution in [-0.2, 0) is 16.1 Å². The van der Waals surface area contributed by atoms with Gasteiger partial charge in [0, 0.05) is 12.3 Å². The van der Waals surface area contributed by atoms with E-state index in [1.165, 1.54) is 10.5 Å². The number of ether oxygens (including phenoxy) is 1. The molecule has 0 N–H and O–H groups in total. The van der Waals surface area contributed by atoms with Crippen LogP contribution in [0.2, 0.25) is 0 Å². The summed E-state index contributed by atoms with van der Waals surface area (Å²) in [6.07, 6.45) is 2.40. The highest BCUT2D eigenvalue weighted by atomic mass is 16.5. The van der Waals surface area contributed by atoms with Crippen LogP contribution < -0.4 is 5.56 Å². The van der Waals surface area contributed by atoms with Crippen LogP contribution in [0.15, 0.2) is 29.2 Å². The Hall–Kier alpha value is -2.17. The Morgan fingerprint density at radius 3 is 2.95 bits per heavy atom. The van der Waals surface area contributed by atoms with Gasteiger partial charge in [-0.25, -0.2) is 4.98 Å². The number of hydrogen-bond acceptors (Lipinski definition) is 4. The summed E-state index contributed by atoms with van der Waals surface area (Å²) in [5, 5.41) is 0. The van der Waals surface area contributed by atoms with Crippen molar-refractivity contribution in [3.8, 4) is 0 Å². The Morgan fingerprint density at radius 2 is 2.25 bits per heavy atom. The van der Waals surface area contributed by atoms with Crippen molar-refractivity contribution < 1.29 is 9.53 Å². The molecule has 2 rings (SSSR count). The van der Waals surface area contributed by atoms with Crippen LogP contribution in [0.3, 0.4) is 0 Å². The SMILES string of the molecule is CCC(C)C(=O)OCc1cc(=O)n2cccc(C)c2n1. The fourth-order valence-electron chi connectivity index (χ4n) is 1.84. The monoisotopic (exact) mass is 274 g/mol. The van der Waals surface area contributed by atoms with Gasteiger partial charge in [-0.1, -0.05) is 19.9 Å². The topological polar surface area (TPSA) is 60.7 Å². The summed E-state index contributed by atoms with van der Waals surface area (Å²) in [7, 11) is 0. The van der Waals surface area contributed by atoms with E-state index < -0.39 is 0 Å². The molecule has 1 atom stereocenters. The Morgan fingerprint density at radius 1 is 1.50 bits per heavy atom. The lowest BCUT2D eigenvalue weighted by atomic mass is 10.1. The van der Waals surface area contributed by atoms with Crippen molar-refractivity contribution in [3.05, 3.63) is 46.0 Å². The number of aryl methyl sites for hydroxylation is 1. The molecule has 2 heterocycles. The minimum atomic E-state index is -0.265. The predicted octanol–water partition coefficient (Wildman–Crippen LogP) is 2.09. The normalized spacial score (nSPS) is 12.3. The van der Waals surface area contributed by atoms with Crippen molar-refractivity contribution in [2.75, 3.05) is 0 Å². The van der Waals surface area contributed by atoms with E-state index >= 15 is 0 Å². The maximum absolute atomic E-state index is 12.0. The molecule has 1 unspecified atom stereocenters. The second-order valence-corrected chi connectivity index (χ2v) is 4.89. The zero-order valence-corrected chi connectivity index (χ0v) is 11.9. The van der Waals surface area contributed by atoms with Crippen molar-refractivity contribution in [1.29, 1.82) is 0 Å². The van der Waals surface area contributed by atoms with E-state index in [9.17, 15) is 9.59 Å². The average molecular weight is 274 g/mol. The van der Waals surface area contributed by atoms with Gasteiger partial charge in [0.25, 0.3) is 5.56 Å². The summed E-state index contributed by atoms with van der Waals surface area (Å²) in [6, 6.07) is 5.08. The van der Waals surface area contributed by atoms with Gasteiger partial charge >= 0.3 is 5.97 Å². The van der Waals surface area contributed by atoms with E-state index in [1.807, 2.05) is 26.8 Å². The van der Waals surface area contributed by atoms with E-state index in [-0.39, 0.29) is 24.1 Å². The lowest BCUT2D eigenvalue weighted by Crippen LogP contribution is -2.18. The molecule has 0 aliphatic heterocycles. The Kier molecular flexibility index (Phi) is 4.17. The highest BCUT2D eigenvalue weighted by Gasteiger charge is 2.13. The fourth-order valence-corrected chi connectivity index (χ4v) is 1.84. The molecule has 0 aliphatic rings. The maximum Gasteiger partial charge on any atom is 0.309 e. The number of aromatic nitrogens is 2. The first kappa shape index (κ1) is 14.2. The predicted molar refractivity (Wildman–Crippen MR) is 75.5 cm³/mol. The number of fused-ring (bicyclic) bond motifs is 1. The number of esters is 1. The zero-order chi connectivity index (χ0) is 14.7. The Labute approximate surface area is 117 Å². The second kappa shape index (κ2) is 5.86. The smallest absolute Gasteiger partial charge is 0.309 e. The molecule has 5 heteroatoms. The molecule has 106 valence electrons. The number of carbonyl (C=O) groups excluding carboxylic acids is 1. The molecule has 0 aliphatic carbocycles. The Bertz CT molecular complexity index is 691. The van der Waals surface area contributed by atoms with E-state index in [0.29, 0.717) is 11.3 Å². The van der Waals surface area contributed by atoms with Crippen molar-refractivity contribution in [2.24, 2.45) is 5.92 Å². The van der Waals surface area contributed by atoms with Gasteiger partial charge in [-0.2, -0.15) is 0 Å². The molecule has 2 aromatic rings. The molecule has 0 bridgehead atoms. The summed E-state index contributed by atoms with van der Waals surface area (Å²) in [4.78, 5) is 28.0. The van der Waals surface area contributed by atoms with Crippen LogP contribution >= 0.6 is 0 Å². The van der Waals surface area contributed by atoms with Gasteiger partial charge < -0.3 is 4.74 Å². The molecular formula is C15H18N2O3. The van der Waals surface area contributed by atoms with E-state index in [2.05, 4.69) is 4.98 Å². The van der Waals surface area contributed by atoms with E-state index in [1.54, 1.807) is 12.3 Å². The minimum absolute atomic E-state index is 0.0310. The maximum atomic E-state index is 12.0. The minimum Gasteiger partial charge on any atom is -0.459 e. The van der Waals surface area contributed by atoms with E-state index in [4.69, 9.17) is 4.74 Å². The third-order valence-electron chi connectivity index (χ3n) is 3.32. The summed E-state index contributed by atoms with van der Waals surface area (Å²) in [5.74, 6) is -0.405. The third-order valence-corrected chi connectivity index (χ3v) is 3.32. The number of pyridine rings is 1. The van der Waals surface area contributed by atoms with Crippen LogP contribution in [0.1, 0.15) is 31.5 Å². The van der Waals surface area contributed by atoms with Gasteiger partial charge in [-0.15, -0.1) is 0 Å². The first-order valence-corrected chi connectivity index (χ1v) is 6.67. The third kappa shape index (κ3) is 2.87. The zero-order valence-electron chi connectivity index (χ0n) is 11.9. The molecule has 20 heavy (non-hydrogen) atoms. The summed E-state index contributed by atoms with van der Waals surface area (Å²) >= 11 is 0.